The molecule has 0 aromatic carbocycles. The lowest BCUT2D eigenvalue weighted by Crippen LogP contribution is -2.52. The van der Waals surface area contributed by atoms with E-state index in [0.717, 1.165) is 32.1 Å². The van der Waals surface area contributed by atoms with E-state index in [2.05, 4.69) is 19.9 Å². The van der Waals surface area contributed by atoms with Crippen LogP contribution in [0.3, 0.4) is 0 Å². The van der Waals surface area contributed by atoms with Crippen LogP contribution < -0.4 is 0 Å². The Labute approximate surface area is 149 Å². The molecule has 0 aromatic heterocycles. The molecule has 2 saturated carbocycles. The standard InChI is InChI=1S/C21H29FO3/c1-12(23)25-19-18(22)11-17-15-5-4-13-10-14(24)6-8-20(13,2)16(15)7-9-21(17,19)3/h6,8,13-17,24H,4-5,7,9-11H2,1-3H3/t13?,14?,15-,16-,17+,20+,21+/m1/s1. The summed E-state index contributed by atoms with van der Waals surface area (Å²) >= 11 is 0. The molecule has 4 heteroatoms. The van der Waals surface area contributed by atoms with Crippen LogP contribution in [0, 0.1) is 34.5 Å². The Hall–Kier alpha value is -1.16. The van der Waals surface area contributed by atoms with E-state index in [0.29, 0.717) is 29.9 Å². The molecule has 0 radical (unpaired) electrons. The number of esters is 1. The van der Waals surface area contributed by atoms with Gasteiger partial charge in [-0.1, -0.05) is 26.0 Å². The summed E-state index contributed by atoms with van der Waals surface area (Å²) < 4.78 is 20.0. The summed E-state index contributed by atoms with van der Waals surface area (Å²) in [5, 5.41) is 10.0. The maximum Gasteiger partial charge on any atom is 0.307 e. The smallest absolute Gasteiger partial charge is 0.307 e. The third kappa shape index (κ3) is 2.43. The van der Waals surface area contributed by atoms with Gasteiger partial charge in [-0.05, 0) is 61.2 Å². The van der Waals surface area contributed by atoms with Crippen molar-refractivity contribution in [2.45, 2.75) is 65.4 Å². The van der Waals surface area contributed by atoms with Crippen LogP contribution in [0.5, 0.6) is 0 Å². The summed E-state index contributed by atoms with van der Waals surface area (Å²) in [5.74, 6) is 1.39. The predicted molar refractivity (Wildman–Crippen MR) is 92.9 cm³/mol. The van der Waals surface area contributed by atoms with E-state index in [1.54, 1.807) is 0 Å². The van der Waals surface area contributed by atoms with E-state index in [1.165, 1.54) is 6.92 Å². The normalized spacial score (nSPS) is 48.6. The molecule has 4 aliphatic rings. The number of fused-ring (bicyclic) bond motifs is 5. The Morgan fingerprint density at radius 1 is 1.28 bits per heavy atom. The molecule has 0 heterocycles. The van der Waals surface area contributed by atoms with E-state index < -0.39 is 5.97 Å². The molecule has 1 N–H and O–H groups in total. The largest absolute Gasteiger partial charge is 0.428 e. The number of ether oxygens (including phenoxy) is 1. The maximum absolute atomic E-state index is 14.7. The average molecular weight is 348 g/mol. The van der Waals surface area contributed by atoms with E-state index in [1.807, 2.05) is 6.08 Å². The van der Waals surface area contributed by atoms with Crippen molar-refractivity contribution in [2.24, 2.45) is 34.5 Å². The van der Waals surface area contributed by atoms with E-state index in [9.17, 15) is 14.3 Å². The summed E-state index contributed by atoms with van der Waals surface area (Å²) in [5.41, 5.74) is -0.248. The second kappa shape index (κ2) is 5.67. The van der Waals surface area contributed by atoms with E-state index in [-0.39, 0.29) is 28.7 Å². The highest BCUT2D eigenvalue weighted by Gasteiger charge is 2.60. The van der Waals surface area contributed by atoms with Gasteiger partial charge in [0.1, 0.15) is 11.6 Å². The molecule has 7 atom stereocenters. The number of halogens is 1. The molecular formula is C21H29FO3. The highest BCUT2D eigenvalue weighted by Crippen LogP contribution is 2.66. The van der Waals surface area contributed by atoms with Gasteiger partial charge >= 0.3 is 5.97 Å². The Morgan fingerprint density at radius 2 is 2.04 bits per heavy atom. The molecular weight excluding hydrogens is 319 g/mol. The van der Waals surface area contributed by atoms with Crippen molar-refractivity contribution >= 4 is 5.97 Å². The van der Waals surface area contributed by atoms with Gasteiger partial charge in [-0.25, -0.2) is 4.39 Å². The van der Waals surface area contributed by atoms with Crippen molar-refractivity contribution in [3.05, 3.63) is 23.7 Å². The van der Waals surface area contributed by atoms with Crippen molar-refractivity contribution in [1.29, 1.82) is 0 Å². The van der Waals surface area contributed by atoms with Gasteiger partial charge in [0.15, 0.2) is 0 Å². The lowest BCUT2D eigenvalue weighted by molar-refractivity contribution is -0.141. The Balaban J connectivity index is 1.65. The van der Waals surface area contributed by atoms with Crippen LogP contribution in [0.25, 0.3) is 0 Å². The summed E-state index contributed by atoms with van der Waals surface area (Å²) in [6.45, 7) is 5.78. The van der Waals surface area contributed by atoms with Crippen LogP contribution in [-0.4, -0.2) is 17.2 Å². The molecule has 2 fully saturated rings. The number of allylic oxidation sites excluding steroid dienone is 3. The first kappa shape index (κ1) is 17.3. The lowest BCUT2D eigenvalue weighted by atomic mass is 9.46. The van der Waals surface area contributed by atoms with Crippen molar-refractivity contribution in [3.63, 3.8) is 0 Å². The molecule has 0 aromatic rings. The zero-order valence-corrected chi connectivity index (χ0v) is 15.4. The first-order valence-corrected chi connectivity index (χ1v) is 9.70. The number of aliphatic hydroxyl groups is 1. The van der Waals surface area contributed by atoms with Crippen molar-refractivity contribution in [3.8, 4) is 0 Å². The van der Waals surface area contributed by atoms with Gasteiger partial charge < -0.3 is 9.84 Å². The summed E-state index contributed by atoms with van der Waals surface area (Å²) in [7, 11) is 0. The third-order valence-electron chi connectivity index (χ3n) is 7.97. The number of rotatable bonds is 1. The van der Waals surface area contributed by atoms with Gasteiger partial charge in [-0.3, -0.25) is 4.79 Å². The van der Waals surface area contributed by atoms with Gasteiger partial charge in [-0.2, -0.15) is 0 Å². The number of carbonyl (C=O) groups excluding carboxylic acids is 1. The molecule has 0 saturated heterocycles. The zero-order chi connectivity index (χ0) is 18.0. The van der Waals surface area contributed by atoms with Gasteiger partial charge in [0.25, 0.3) is 0 Å². The quantitative estimate of drug-likeness (QED) is 0.560. The van der Waals surface area contributed by atoms with Crippen molar-refractivity contribution < 1.29 is 19.0 Å². The number of hydrogen-bond donors (Lipinski definition) is 1. The Bertz CT molecular complexity index is 654. The minimum Gasteiger partial charge on any atom is -0.428 e. The second-order valence-corrected chi connectivity index (χ2v) is 9.17. The van der Waals surface area contributed by atoms with E-state index in [4.69, 9.17) is 4.74 Å². The van der Waals surface area contributed by atoms with Crippen molar-refractivity contribution in [2.75, 3.05) is 0 Å². The predicted octanol–water partition coefficient (Wildman–Crippen LogP) is 4.52. The van der Waals surface area contributed by atoms with E-state index >= 15 is 0 Å². The molecule has 3 nitrogen and oxygen atoms in total. The summed E-state index contributed by atoms with van der Waals surface area (Å²) in [6, 6.07) is 0. The van der Waals surface area contributed by atoms with Crippen LogP contribution in [0.2, 0.25) is 0 Å². The van der Waals surface area contributed by atoms with Crippen molar-refractivity contribution in [1.82, 2.24) is 0 Å². The molecule has 25 heavy (non-hydrogen) atoms. The van der Waals surface area contributed by atoms with Crippen LogP contribution in [0.1, 0.15) is 59.3 Å². The third-order valence-corrected chi connectivity index (χ3v) is 7.97. The van der Waals surface area contributed by atoms with Gasteiger partial charge in [0, 0.05) is 18.8 Å². The van der Waals surface area contributed by atoms with Crippen LogP contribution >= 0.6 is 0 Å². The van der Waals surface area contributed by atoms with Crippen LogP contribution in [0.4, 0.5) is 4.39 Å². The minimum absolute atomic E-state index is 0.101. The summed E-state index contributed by atoms with van der Waals surface area (Å²) in [6.07, 6.45) is 9.24. The Morgan fingerprint density at radius 3 is 2.76 bits per heavy atom. The van der Waals surface area contributed by atoms with Gasteiger partial charge in [-0.15, -0.1) is 0 Å². The molecule has 138 valence electrons. The maximum atomic E-state index is 14.7. The monoisotopic (exact) mass is 348 g/mol. The molecule has 4 rings (SSSR count). The fourth-order valence-electron chi connectivity index (χ4n) is 6.68. The first-order valence-electron chi connectivity index (χ1n) is 9.70. The van der Waals surface area contributed by atoms with Gasteiger partial charge in [0.05, 0.1) is 6.10 Å². The van der Waals surface area contributed by atoms with Gasteiger partial charge in [0.2, 0.25) is 0 Å². The molecule has 0 amide bonds. The molecule has 2 unspecified atom stereocenters. The number of carbonyl (C=O) groups is 1. The topological polar surface area (TPSA) is 46.5 Å². The van der Waals surface area contributed by atoms with Crippen LogP contribution in [-0.2, 0) is 9.53 Å². The average Bonchev–Trinajstić information content (AvgIpc) is 2.79. The lowest BCUT2D eigenvalue weighted by Gasteiger charge is -2.58. The SMILES string of the molecule is CC(=O)OC1=C(F)C[C@H]2[C@@H]3CCC4CC(O)C=C[C@]4(C)[C@@H]3CC[C@]12C. The highest BCUT2D eigenvalue weighted by molar-refractivity contribution is 5.67. The zero-order valence-electron chi connectivity index (χ0n) is 15.4. The summed E-state index contributed by atoms with van der Waals surface area (Å²) in [4.78, 5) is 11.5. The molecule has 0 aliphatic heterocycles. The fourth-order valence-corrected chi connectivity index (χ4v) is 6.68. The fraction of sp³-hybridized carbons (Fsp3) is 0.762. The molecule has 0 bridgehead atoms. The second-order valence-electron chi connectivity index (χ2n) is 9.17. The number of aliphatic hydroxyl groups excluding tert-OH is 1. The molecule has 0 spiro atoms. The number of hydrogen-bond acceptors (Lipinski definition) is 3. The highest BCUT2D eigenvalue weighted by atomic mass is 19.1. The Kier molecular flexibility index (Phi) is 3.91. The minimum atomic E-state index is -0.422. The first-order chi connectivity index (χ1) is 11.8. The molecule has 4 aliphatic carbocycles. The van der Waals surface area contributed by atoms with Crippen LogP contribution in [0.15, 0.2) is 23.7 Å².